The molecule has 0 aliphatic rings. The standard InChI is InChI=1S/C15H18BrNOS/c1-3-12-5-6-13(19-12)9-18-15-7-4-11(16)8-14(15)10(2)17/h4-8,10H,3,9,17H2,1-2H3/t10-/m0/s1. The summed E-state index contributed by atoms with van der Waals surface area (Å²) in [6.07, 6.45) is 1.08. The maximum atomic E-state index is 5.98. The van der Waals surface area contributed by atoms with Crippen molar-refractivity contribution in [3.63, 3.8) is 0 Å². The number of nitrogens with two attached hydrogens (primary N) is 1. The molecule has 1 heterocycles. The molecule has 19 heavy (non-hydrogen) atoms. The molecule has 2 rings (SSSR count). The summed E-state index contributed by atoms with van der Waals surface area (Å²) in [5.41, 5.74) is 7.01. The Morgan fingerprint density at radius 2 is 2.00 bits per heavy atom. The van der Waals surface area contributed by atoms with Crippen molar-refractivity contribution >= 4 is 27.3 Å². The Morgan fingerprint density at radius 1 is 1.26 bits per heavy atom. The molecule has 2 aromatic rings. The lowest BCUT2D eigenvalue weighted by molar-refractivity contribution is 0.305. The first-order chi connectivity index (χ1) is 9.10. The van der Waals surface area contributed by atoms with Gasteiger partial charge in [-0.1, -0.05) is 22.9 Å². The molecule has 0 radical (unpaired) electrons. The third-order valence-electron chi connectivity index (χ3n) is 2.90. The third kappa shape index (κ3) is 3.81. The maximum absolute atomic E-state index is 5.98. The molecule has 1 aromatic heterocycles. The van der Waals surface area contributed by atoms with Gasteiger partial charge < -0.3 is 10.5 Å². The molecule has 2 N–H and O–H groups in total. The van der Waals surface area contributed by atoms with Crippen molar-refractivity contribution in [1.29, 1.82) is 0 Å². The van der Waals surface area contributed by atoms with E-state index < -0.39 is 0 Å². The lowest BCUT2D eigenvalue weighted by Crippen LogP contribution is -2.08. The van der Waals surface area contributed by atoms with Gasteiger partial charge in [-0.05, 0) is 43.7 Å². The molecule has 0 unspecified atom stereocenters. The second kappa shape index (κ2) is 6.55. The lowest BCUT2D eigenvalue weighted by atomic mass is 10.1. The first-order valence-corrected chi connectivity index (χ1v) is 7.96. The van der Waals surface area contributed by atoms with Crippen molar-refractivity contribution < 1.29 is 4.74 Å². The van der Waals surface area contributed by atoms with Gasteiger partial charge >= 0.3 is 0 Å². The number of halogens is 1. The van der Waals surface area contributed by atoms with Crippen molar-refractivity contribution in [2.75, 3.05) is 0 Å². The number of hydrogen-bond acceptors (Lipinski definition) is 3. The fourth-order valence-corrected chi connectivity index (χ4v) is 3.10. The summed E-state index contributed by atoms with van der Waals surface area (Å²) in [6, 6.07) is 10.2. The van der Waals surface area contributed by atoms with Crippen LogP contribution in [0.1, 0.15) is 35.2 Å². The average Bonchev–Trinajstić information content (AvgIpc) is 2.85. The molecule has 0 saturated heterocycles. The molecule has 0 spiro atoms. The van der Waals surface area contributed by atoms with Crippen molar-refractivity contribution in [2.45, 2.75) is 32.9 Å². The van der Waals surface area contributed by atoms with Crippen LogP contribution >= 0.6 is 27.3 Å². The summed E-state index contributed by atoms with van der Waals surface area (Å²) in [5.74, 6) is 0.865. The SMILES string of the molecule is CCc1ccc(COc2ccc(Br)cc2[C@H](C)N)s1. The Labute approximate surface area is 126 Å². The number of aryl methyl sites for hydroxylation is 1. The average molecular weight is 340 g/mol. The Hall–Kier alpha value is -0.840. The van der Waals surface area contributed by atoms with Crippen LogP contribution in [0.5, 0.6) is 5.75 Å². The summed E-state index contributed by atoms with van der Waals surface area (Å²) in [7, 11) is 0. The summed E-state index contributed by atoms with van der Waals surface area (Å²) in [4.78, 5) is 2.64. The predicted octanol–water partition coefficient (Wildman–Crippen LogP) is 4.67. The molecule has 4 heteroatoms. The van der Waals surface area contributed by atoms with Gasteiger partial charge in [-0.3, -0.25) is 0 Å². The van der Waals surface area contributed by atoms with E-state index in [0.29, 0.717) is 6.61 Å². The molecule has 0 aliphatic carbocycles. The fraction of sp³-hybridized carbons (Fsp3) is 0.333. The van der Waals surface area contributed by atoms with Crippen LogP contribution in [0, 0.1) is 0 Å². The highest BCUT2D eigenvalue weighted by Crippen LogP contribution is 2.29. The maximum Gasteiger partial charge on any atom is 0.124 e. The van der Waals surface area contributed by atoms with Gasteiger partial charge in [0.05, 0.1) is 0 Å². The quantitative estimate of drug-likeness (QED) is 0.858. The number of ether oxygens (including phenoxy) is 1. The van der Waals surface area contributed by atoms with Gasteiger partial charge in [-0.15, -0.1) is 11.3 Å². The van der Waals surface area contributed by atoms with Crippen LogP contribution in [0.15, 0.2) is 34.8 Å². The Bertz CT molecular complexity index is 551. The first-order valence-electron chi connectivity index (χ1n) is 6.35. The first kappa shape index (κ1) is 14.6. The molecular weight excluding hydrogens is 322 g/mol. The minimum Gasteiger partial charge on any atom is -0.488 e. The van der Waals surface area contributed by atoms with Crippen molar-refractivity contribution in [3.8, 4) is 5.75 Å². The highest BCUT2D eigenvalue weighted by atomic mass is 79.9. The minimum absolute atomic E-state index is 0.0398. The predicted molar refractivity (Wildman–Crippen MR) is 84.8 cm³/mol. The Balaban J connectivity index is 2.10. The zero-order valence-electron chi connectivity index (χ0n) is 11.2. The second-order valence-corrected chi connectivity index (χ2v) is 6.65. The van der Waals surface area contributed by atoms with Gasteiger partial charge in [0.2, 0.25) is 0 Å². The van der Waals surface area contributed by atoms with E-state index in [9.17, 15) is 0 Å². The molecule has 0 amide bonds. The van der Waals surface area contributed by atoms with Crippen LogP contribution in [-0.2, 0) is 13.0 Å². The Morgan fingerprint density at radius 3 is 2.63 bits per heavy atom. The monoisotopic (exact) mass is 339 g/mol. The zero-order chi connectivity index (χ0) is 13.8. The number of thiophene rings is 1. The van der Waals surface area contributed by atoms with E-state index in [4.69, 9.17) is 10.5 Å². The van der Waals surface area contributed by atoms with Gasteiger partial charge in [0, 0.05) is 25.8 Å². The van der Waals surface area contributed by atoms with E-state index in [1.54, 1.807) is 11.3 Å². The van der Waals surface area contributed by atoms with Gasteiger partial charge in [-0.2, -0.15) is 0 Å². The van der Waals surface area contributed by atoms with E-state index in [0.717, 1.165) is 22.2 Å². The van der Waals surface area contributed by atoms with E-state index in [2.05, 4.69) is 35.0 Å². The summed E-state index contributed by atoms with van der Waals surface area (Å²) < 4.78 is 6.93. The van der Waals surface area contributed by atoms with E-state index in [-0.39, 0.29) is 6.04 Å². The summed E-state index contributed by atoms with van der Waals surface area (Å²) >= 11 is 5.27. The largest absolute Gasteiger partial charge is 0.488 e. The van der Waals surface area contributed by atoms with Gasteiger partial charge in [0.1, 0.15) is 12.4 Å². The van der Waals surface area contributed by atoms with E-state index >= 15 is 0 Å². The van der Waals surface area contributed by atoms with Crippen molar-refractivity contribution in [2.24, 2.45) is 5.73 Å². The van der Waals surface area contributed by atoms with Crippen LogP contribution in [0.3, 0.4) is 0 Å². The molecule has 2 nitrogen and oxygen atoms in total. The molecule has 0 bridgehead atoms. The lowest BCUT2D eigenvalue weighted by Gasteiger charge is -2.14. The third-order valence-corrected chi connectivity index (χ3v) is 4.59. The van der Waals surface area contributed by atoms with Gasteiger partial charge in [0.25, 0.3) is 0 Å². The topological polar surface area (TPSA) is 35.2 Å². The van der Waals surface area contributed by atoms with Crippen molar-refractivity contribution in [3.05, 3.63) is 50.1 Å². The van der Waals surface area contributed by atoms with Crippen LogP contribution in [-0.4, -0.2) is 0 Å². The number of benzene rings is 1. The summed E-state index contributed by atoms with van der Waals surface area (Å²) in [5, 5.41) is 0. The molecule has 1 aromatic carbocycles. The van der Waals surface area contributed by atoms with Gasteiger partial charge in [0.15, 0.2) is 0 Å². The normalized spacial score (nSPS) is 12.4. The Kier molecular flexibility index (Phi) is 5.02. The van der Waals surface area contributed by atoms with Gasteiger partial charge in [-0.25, -0.2) is 0 Å². The summed E-state index contributed by atoms with van der Waals surface area (Å²) in [6.45, 7) is 4.74. The number of rotatable bonds is 5. The number of hydrogen-bond donors (Lipinski definition) is 1. The van der Waals surface area contributed by atoms with E-state index in [1.165, 1.54) is 9.75 Å². The van der Waals surface area contributed by atoms with Crippen LogP contribution in [0.2, 0.25) is 0 Å². The van der Waals surface area contributed by atoms with Crippen LogP contribution < -0.4 is 10.5 Å². The highest BCUT2D eigenvalue weighted by Gasteiger charge is 2.09. The highest BCUT2D eigenvalue weighted by molar-refractivity contribution is 9.10. The molecule has 0 saturated carbocycles. The minimum atomic E-state index is -0.0398. The molecule has 102 valence electrons. The fourth-order valence-electron chi connectivity index (χ4n) is 1.85. The molecule has 1 atom stereocenters. The van der Waals surface area contributed by atoms with Crippen LogP contribution in [0.4, 0.5) is 0 Å². The second-order valence-electron chi connectivity index (χ2n) is 4.48. The molecule has 0 aliphatic heterocycles. The van der Waals surface area contributed by atoms with E-state index in [1.807, 2.05) is 25.1 Å². The molecular formula is C15H18BrNOS. The smallest absolute Gasteiger partial charge is 0.124 e. The molecule has 0 fully saturated rings. The zero-order valence-corrected chi connectivity index (χ0v) is 13.6. The van der Waals surface area contributed by atoms with Crippen LogP contribution in [0.25, 0.3) is 0 Å². The van der Waals surface area contributed by atoms with Crippen molar-refractivity contribution in [1.82, 2.24) is 0 Å².